The molecule has 0 bridgehead atoms. The molecule has 1 aromatic carbocycles. The number of aliphatic hydroxyl groups excluding tert-OH is 1. The summed E-state index contributed by atoms with van der Waals surface area (Å²) in [5.41, 5.74) is 0.687. The molecule has 17 heavy (non-hydrogen) atoms. The molecule has 6 heteroatoms. The van der Waals surface area contributed by atoms with E-state index in [0.717, 1.165) is 0 Å². The van der Waals surface area contributed by atoms with Crippen LogP contribution in [0.1, 0.15) is 26.3 Å². The molecule has 0 saturated heterocycles. The van der Waals surface area contributed by atoms with E-state index >= 15 is 0 Å². The third kappa shape index (κ3) is 2.92. The van der Waals surface area contributed by atoms with E-state index in [9.17, 15) is 0 Å². The van der Waals surface area contributed by atoms with Crippen molar-refractivity contribution in [2.24, 2.45) is 0 Å². The summed E-state index contributed by atoms with van der Waals surface area (Å²) in [6, 6.07) is 0. The Labute approximate surface area is 108 Å². The van der Waals surface area contributed by atoms with E-state index < -0.39 is 5.60 Å². The highest BCUT2D eigenvalue weighted by molar-refractivity contribution is 6.58. The van der Waals surface area contributed by atoms with Crippen LogP contribution in [0.2, 0.25) is 0 Å². The number of rotatable bonds is 2. The summed E-state index contributed by atoms with van der Waals surface area (Å²) in [6.07, 6.45) is 0. The molecule has 0 atom stereocenters. The van der Waals surface area contributed by atoms with Crippen molar-refractivity contribution >= 4 is 53.2 Å². The minimum absolute atomic E-state index is 0.204. The second-order valence-electron chi connectivity index (χ2n) is 4.83. The SMILES string of the molecule is [B]c1c([B])c(OC(C)(C)C)c([B])c([B])c1CO. The van der Waals surface area contributed by atoms with Gasteiger partial charge >= 0.3 is 0 Å². The van der Waals surface area contributed by atoms with Crippen LogP contribution in [0.5, 0.6) is 5.75 Å². The normalized spacial score (nSPS) is 11.5. The Balaban J connectivity index is 3.43. The minimum atomic E-state index is -0.470. The van der Waals surface area contributed by atoms with Crippen LogP contribution in [0.3, 0.4) is 0 Å². The fourth-order valence-electron chi connectivity index (χ4n) is 1.45. The molecule has 0 spiro atoms. The lowest BCUT2D eigenvalue weighted by Gasteiger charge is -2.28. The van der Waals surface area contributed by atoms with Crippen molar-refractivity contribution < 1.29 is 9.84 Å². The van der Waals surface area contributed by atoms with Gasteiger partial charge in [-0.1, -0.05) is 21.9 Å². The summed E-state index contributed by atoms with van der Waals surface area (Å²) in [5.74, 6) is 0.268. The molecule has 0 unspecified atom stereocenters. The quantitative estimate of drug-likeness (QED) is 0.559. The first kappa shape index (κ1) is 14.3. The molecule has 0 saturated carbocycles. The zero-order chi connectivity index (χ0) is 13.4. The van der Waals surface area contributed by atoms with Crippen molar-refractivity contribution in [3.63, 3.8) is 0 Å². The van der Waals surface area contributed by atoms with Gasteiger partial charge in [0.05, 0.1) is 6.61 Å². The van der Waals surface area contributed by atoms with Gasteiger partial charge in [0.1, 0.15) is 42.7 Å². The van der Waals surface area contributed by atoms with Crippen LogP contribution in [0.4, 0.5) is 0 Å². The van der Waals surface area contributed by atoms with Gasteiger partial charge in [0.2, 0.25) is 0 Å². The Kier molecular flexibility index (Phi) is 4.08. The first-order valence-electron chi connectivity index (χ1n) is 5.23. The average molecular weight is 219 g/mol. The van der Waals surface area contributed by atoms with Crippen LogP contribution in [0.15, 0.2) is 0 Å². The molecule has 0 heterocycles. The van der Waals surface area contributed by atoms with Crippen molar-refractivity contribution in [2.75, 3.05) is 0 Å². The Bertz CT molecular complexity index is 409. The molecule has 1 aromatic rings. The van der Waals surface area contributed by atoms with Gasteiger partial charge < -0.3 is 9.84 Å². The number of aliphatic hydroxyl groups is 1. The number of hydrogen-bond donors (Lipinski definition) is 1. The zero-order valence-electron chi connectivity index (χ0n) is 10.4. The van der Waals surface area contributed by atoms with Crippen molar-refractivity contribution in [3.8, 4) is 5.75 Å². The summed E-state index contributed by atoms with van der Waals surface area (Å²) in [6.45, 7) is 5.26. The molecule has 0 fully saturated rings. The van der Waals surface area contributed by atoms with Gasteiger partial charge in [-0.3, -0.25) is 0 Å². The van der Waals surface area contributed by atoms with Gasteiger partial charge in [0, 0.05) is 0 Å². The molecule has 0 aliphatic heterocycles. The van der Waals surface area contributed by atoms with Crippen LogP contribution in [0.25, 0.3) is 0 Å². The molecule has 0 aliphatic carbocycles. The Hall–Kier alpha value is -0.760. The van der Waals surface area contributed by atoms with Crippen LogP contribution in [-0.4, -0.2) is 42.1 Å². The van der Waals surface area contributed by atoms with Crippen molar-refractivity contribution in [1.29, 1.82) is 0 Å². The van der Waals surface area contributed by atoms with Crippen molar-refractivity contribution in [3.05, 3.63) is 5.56 Å². The Morgan fingerprint density at radius 3 is 1.65 bits per heavy atom. The monoisotopic (exact) mass is 220 g/mol. The fraction of sp³-hybridized carbons (Fsp3) is 0.455. The van der Waals surface area contributed by atoms with Gasteiger partial charge in [0.15, 0.2) is 0 Å². The van der Waals surface area contributed by atoms with Crippen molar-refractivity contribution in [2.45, 2.75) is 33.0 Å². The fourth-order valence-corrected chi connectivity index (χ4v) is 1.45. The predicted molar refractivity (Wildman–Crippen MR) is 74.3 cm³/mol. The molecule has 1 rings (SSSR count). The first-order chi connectivity index (χ1) is 7.69. The zero-order valence-corrected chi connectivity index (χ0v) is 10.4. The van der Waals surface area contributed by atoms with E-state index in [-0.39, 0.29) is 34.2 Å². The standard InChI is InChI=1S/C11H12B4O2/c1-11(2,3)17-10-8(14)6(12)5(4-16)7(13)9(10)15/h16H,4H2,1-3H3. The lowest BCUT2D eigenvalue weighted by Crippen LogP contribution is -2.47. The molecule has 80 valence electrons. The third-order valence-corrected chi connectivity index (χ3v) is 2.29. The number of benzene rings is 1. The molecule has 1 N–H and O–H groups in total. The highest BCUT2D eigenvalue weighted by Gasteiger charge is 2.18. The third-order valence-electron chi connectivity index (χ3n) is 2.29. The molecule has 0 aliphatic rings. The highest BCUT2D eigenvalue weighted by atomic mass is 16.5. The van der Waals surface area contributed by atoms with E-state index in [0.29, 0.717) is 5.56 Å². The van der Waals surface area contributed by atoms with Gasteiger partial charge in [0.25, 0.3) is 0 Å². The highest BCUT2D eigenvalue weighted by Crippen LogP contribution is 2.12. The minimum Gasteiger partial charge on any atom is -0.489 e. The summed E-state index contributed by atoms with van der Waals surface area (Å²) < 4.78 is 5.63. The summed E-state index contributed by atoms with van der Waals surface area (Å²) in [5, 5.41) is 9.16. The van der Waals surface area contributed by atoms with E-state index in [4.69, 9.17) is 41.2 Å². The van der Waals surface area contributed by atoms with Crippen LogP contribution in [0, 0.1) is 0 Å². The van der Waals surface area contributed by atoms with Crippen LogP contribution < -0.4 is 26.6 Å². The molecule has 0 amide bonds. The maximum absolute atomic E-state index is 9.16. The summed E-state index contributed by atoms with van der Waals surface area (Å²) in [4.78, 5) is 0. The van der Waals surface area contributed by atoms with Gasteiger partial charge in [-0.25, -0.2) is 0 Å². The van der Waals surface area contributed by atoms with E-state index in [1.54, 1.807) is 0 Å². The lowest BCUT2D eigenvalue weighted by atomic mass is 9.66. The number of hydrogen-bond acceptors (Lipinski definition) is 2. The summed E-state index contributed by atoms with van der Waals surface area (Å²) >= 11 is 0. The second kappa shape index (κ2) is 4.85. The maximum atomic E-state index is 9.16. The van der Waals surface area contributed by atoms with Crippen LogP contribution in [-0.2, 0) is 6.61 Å². The molecule has 2 nitrogen and oxygen atoms in total. The van der Waals surface area contributed by atoms with E-state index in [1.165, 1.54) is 0 Å². The Morgan fingerprint density at radius 1 is 0.941 bits per heavy atom. The van der Waals surface area contributed by atoms with E-state index in [2.05, 4.69) is 0 Å². The first-order valence-corrected chi connectivity index (χ1v) is 5.23. The lowest BCUT2D eigenvalue weighted by molar-refractivity contribution is 0.134. The molecular weight excluding hydrogens is 207 g/mol. The van der Waals surface area contributed by atoms with E-state index in [1.807, 2.05) is 20.8 Å². The number of ether oxygens (including phenoxy) is 1. The predicted octanol–water partition coefficient (Wildman–Crippen LogP) is -2.47. The average Bonchev–Trinajstić information content (AvgIpc) is 2.21. The van der Waals surface area contributed by atoms with Gasteiger partial charge in [-0.05, 0) is 26.3 Å². The van der Waals surface area contributed by atoms with Gasteiger partial charge in [-0.2, -0.15) is 0 Å². The van der Waals surface area contributed by atoms with Gasteiger partial charge in [-0.15, -0.1) is 0 Å². The largest absolute Gasteiger partial charge is 0.489 e. The molecule has 8 radical (unpaired) electrons. The topological polar surface area (TPSA) is 29.5 Å². The smallest absolute Gasteiger partial charge is 0.118 e. The Morgan fingerprint density at radius 2 is 1.35 bits per heavy atom. The van der Waals surface area contributed by atoms with Crippen LogP contribution >= 0.6 is 0 Å². The summed E-state index contributed by atoms with van der Waals surface area (Å²) in [7, 11) is 23.2. The molecule has 0 aromatic heterocycles. The maximum Gasteiger partial charge on any atom is 0.118 e. The molecular formula is C11H12B4O2. The van der Waals surface area contributed by atoms with Crippen molar-refractivity contribution in [1.82, 2.24) is 0 Å². The second-order valence-corrected chi connectivity index (χ2v) is 4.83.